The van der Waals surface area contributed by atoms with E-state index in [2.05, 4.69) is 20.8 Å². The van der Waals surface area contributed by atoms with Crippen LogP contribution in [0.25, 0.3) is 0 Å². The first-order valence-corrected chi connectivity index (χ1v) is 7.12. The van der Waals surface area contributed by atoms with Gasteiger partial charge in [0, 0.05) is 23.8 Å². The highest BCUT2D eigenvalue weighted by atomic mass is 79.9. The topological polar surface area (TPSA) is 20.3 Å². The van der Waals surface area contributed by atoms with Gasteiger partial charge in [-0.05, 0) is 37.5 Å². The van der Waals surface area contributed by atoms with Gasteiger partial charge in [0.05, 0.1) is 0 Å². The van der Waals surface area contributed by atoms with Gasteiger partial charge in [0.2, 0.25) is 5.91 Å². The number of hydrogen-bond acceptors (Lipinski definition) is 1. The van der Waals surface area contributed by atoms with E-state index in [4.69, 9.17) is 0 Å². The fourth-order valence-electron chi connectivity index (χ4n) is 3.52. The fraction of sp³-hybridized carbons (Fsp3) is 0.917. The summed E-state index contributed by atoms with van der Waals surface area (Å²) >= 11 is 3.63. The van der Waals surface area contributed by atoms with Crippen LogP contribution in [0.5, 0.6) is 0 Å². The highest BCUT2D eigenvalue weighted by molar-refractivity contribution is 9.09. The molecule has 0 radical (unpaired) electrons. The molecule has 1 aliphatic heterocycles. The zero-order chi connectivity index (χ0) is 10.4. The predicted molar refractivity (Wildman–Crippen MR) is 62.9 cm³/mol. The van der Waals surface area contributed by atoms with Gasteiger partial charge in [-0.15, -0.1) is 0 Å². The van der Waals surface area contributed by atoms with Gasteiger partial charge in [-0.1, -0.05) is 22.4 Å². The van der Waals surface area contributed by atoms with Gasteiger partial charge in [0.25, 0.3) is 0 Å². The van der Waals surface area contributed by atoms with Crippen molar-refractivity contribution in [3.05, 3.63) is 0 Å². The highest BCUT2D eigenvalue weighted by Gasteiger charge is 2.57. The largest absolute Gasteiger partial charge is 0.341 e. The molecule has 0 aromatic carbocycles. The van der Waals surface area contributed by atoms with E-state index in [1.165, 1.54) is 32.1 Å². The number of hydrogen-bond donors (Lipinski definition) is 0. The molecular weight excluding hydrogens is 254 g/mol. The summed E-state index contributed by atoms with van der Waals surface area (Å²) in [5.41, 5.74) is 0. The van der Waals surface area contributed by atoms with E-state index in [0.717, 1.165) is 24.9 Å². The van der Waals surface area contributed by atoms with Gasteiger partial charge in [-0.2, -0.15) is 0 Å². The molecule has 0 aromatic heterocycles. The first-order chi connectivity index (χ1) is 7.27. The lowest BCUT2D eigenvalue weighted by Gasteiger charge is -2.30. The summed E-state index contributed by atoms with van der Waals surface area (Å²) in [5.74, 6) is 2.44. The second-order valence-electron chi connectivity index (χ2n) is 5.31. The fourth-order valence-corrected chi connectivity index (χ4v) is 4.20. The van der Waals surface area contributed by atoms with Crippen molar-refractivity contribution < 1.29 is 4.79 Å². The summed E-state index contributed by atoms with van der Waals surface area (Å²) in [7, 11) is 0. The molecule has 1 amide bonds. The summed E-state index contributed by atoms with van der Waals surface area (Å²) in [6.07, 6.45) is 6.38. The molecule has 0 aromatic rings. The maximum atomic E-state index is 12.2. The Hall–Kier alpha value is -0.0500. The SMILES string of the molecule is O=C(C1C2CCCC21)N1CCCC(Br)C1. The summed E-state index contributed by atoms with van der Waals surface area (Å²) in [6.45, 7) is 1.94. The number of carbonyl (C=O) groups excluding carboxylic acids is 1. The zero-order valence-electron chi connectivity index (χ0n) is 8.99. The first-order valence-electron chi connectivity index (χ1n) is 6.20. The third-order valence-electron chi connectivity index (χ3n) is 4.37. The maximum absolute atomic E-state index is 12.2. The molecule has 15 heavy (non-hydrogen) atoms. The maximum Gasteiger partial charge on any atom is 0.226 e. The van der Waals surface area contributed by atoms with Crippen LogP contribution in [0.3, 0.4) is 0 Å². The van der Waals surface area contributed by atoms with Crippen LogP contribution in [0.15, 0.2) is 0 Å². The quantitative estimate of drug-likeness (QED) is 0.671. The minimum atomic E-state index is 0.427. The summed E-state index contributed by atoms with van der Waals surface area (Å²) in [4.78, 5) is 14.9. The molecule has 1 saturated heterocycles. The van der Waals surface area contributed by atoms with Crippen molar-refractivity contribution in [3.8, 4) is 0 Å². The molecule has 2 nitrogen and oxygen atoms in total. The van der Waals surface area contributed by atoms with Crippen molar-refractivity contribution >= 4 is 21.8 Å². The van der Waals surface area contributed by atoms with Crippen LogP contribution in [0, 0.1) is 17.8 Å². The molecular formula is C12H18BrNO. The standard InChI is InChI=1S/C12H18BrNO/c13-8-3-2-6-14(7-8)12(15)11-9-4-1-5-10(9)11/h8-11H,1-7H2. The summed E-state index contributed by atoms with van der Waals surface area (Å²) in [6, 6.07) is 0. The van der Waals surface area contributed by atoms with Crippen LogP contribution >= 0.6 is 15.9 Å². The van der Waals surface area contributed by atoms with E-state index in [1.807, 2.05) is 0 Å². The molecule has 3 aliphatic rings. The number of carbonyl (C=O) groups is 1. The van der Waals surface area contributed by atoms with E-state index in [-0.39, 0.29) is 0 Å². The number of alkyl halides is 1. The number of amides is 1. The minimum Gasteiger partial charge on any atom is -0.341 e. The molecule has 3 rings (SSSR count). The van der Waals surface area contributed by atoms with Crippen molar-refractivity contribution in [2.45, 2.75) is 36.9 Å². The lowest BCUT2D eigenvalue weighted by atomic mass is 10.1. The Morgan fingerprint density at radius 3 is 2.53 bits per heavy atom. The third kappa shape index (κ3) is 1.73. The number of halogens is 1. The Labute approximate surface area is 99.5 Å². The normalized spacial score (nSPS) is 43.9. The lowest BCUT2D eigenvalue weighted by molar-refractivity contribution is -0.134. The van der Waals surface area contributed by atoms with Gasteiger partial charge in [-0.25, -0.2) is 0 Å². The molecule has 0 spiro atoms. The molecule has 84 valence electrons. The zero-order valence-corrected chi connectivity index (χ0v) is 10.6. The van der Waals surface area contributed by atoms with Crippen molar-refractivity contribution in [2.24, 2.45) is 17.8 Å². The highest BCUT2D eigenvalue weighted by Crippen LogP contribution is 2.58. The van der Waals surface area contributed by atoms with E-state index >= 15 is 0 Å². The molecule has 0 bridgehead atoms. The van der Waals surface area contributed by atoms with E-state index in [1.54, 1.807) is 0 Å². The van der Waals surface area contributed by atoms with Crippen LogP contribution in [0.1, 0.15) is 32.1 Å². The van der Waals surface area contributed by atoms with Crippen molar-refractivity contribution in [1.82, 2.24) is 4.90 Å². The van der Waals surface area contributed by atoms with Crippen LogP contribution in [-0.4, -0.2) is 28.7 Å². The molecule has 0 N–H and O–H groups in total. The number of likely N-dealkylation sites (tertiary alicyclic amines) is 1. The second kappa shape index (κ2) is 3.76. The molecule has 3 unspecified atom stereocenters. The Kier molecular flexibility index (Phi) is 2.54. The number of piperidine rings is 1. The Morgan fingerprint density at radius 1 is 1.13 bits per heavy atom. The van der Waals surface area contributed by atoms with Gasteiger partial charge < -0.3 is 4.90 Å². The number of nitrogens with zero attached hydrogens (tertiary/aromatic N) is 1. The molecule has 3 heteroatoms. The molecule has 2 aliphatic carbocycles. The van der Waals surface area contributed by atoms with E-state index < -0.39 is 0 Å². The Morgan fingerprint density at radius 2 is 1.87 bits per heavy atom. The molecule has 2 saturated carbocycles. The van der Waals surface area contributed by atoms with Gasteiger partial charge in [0.15, 0.2) is 0 Å². The van der Waals surface area contributed by atoms with Crippen LogP contribution in [0.2, 0.25) is 0 Å². The van der Waals surface area contributed by atoms with Crippen molar-refractivity contribution in [2.75, 3.05) is 13.1 Å². The molecule has 3 fully saturated rings. The van der Waals surface area contributed by atoms with E-state index in [0.29, 0.717) is 16.7 Å². The van der Waals surface area contributed by atoms with Gasteiger partial charge in [-0.3, -0.25) is 4.79 Å². The predicted octanol–water partition coefficient (Wildman–Crippen LogP) is 2.42. The molecule has 1 heterocycles. The minimum absolute atomic E-state index is 0.427. The van der Waals surface area contributed by atoms with E-state index in [9.17, 15) is 4.79 Å². The lowest BCUT2D eigenvalue weighted by Crippen LogP contribution is -2.41. The number of fused-ring (bicyclic) bond motifs is 1. The van der Waals surface area contributed by atoms with Gasteiger partial charge >= 0.3 is 0 Å². The molecule has 3 atom stereocenters. The van der Waals surface area contributed by atoms with Crippen LogP contribution in [0.4, 0.5) is 0 Å². The van der Waals surface area contributed by atoms with Crippen LogP contribution in [-0.2, 0) is 4.79 Å². The van der Waals surface area contributed by atoms with Gasteiger partial charge in [0.1, 0.15) is 0 Å². The van der Waals surface area contributed by atoms with Crippen molar-refractivity contribution in [3.63, 3.8) is 0 Å². The Bertz CT molecular complexity index is 271. The first kappa shape index (κ1) is 10.1. The second-order valence-corrected chi connectivity index (χ2v) is 6.60. The summed E-state index contributed by atoms with van der Waals surface area (Å²) < 4.78 is 0. The third-order valence-corrected chi connectivity index (χ3v) is 5.11. The number of rotatable bonds is 1. The smallest absolute Gasteiger partial charge is 0.226 e. The average molecular weight is 272 g/mol. The Balaban J connectivity index is 1.60. The summed E-state index contributed by atoms with van der Waals surface area (Å²) in [5, 5.41) is 0. The van der Waals surface area contributed by atoms with Crippen molar-refractivity contribution in [1.29, 1.82) is 0 Å². The average Bonchev–Trinajstić information content (AvgIpc) is 2.70. The van der Waals surface area contributed by atoms with Crippen LogP contribution < -0.4 is 0 Å². The monoisotopic (exact) mass is 271 g/mol.